The topological polar surface area (TPSA) is 87.4 Å². The zero-order valence-electron chi connectivity index (χ0n) is 18.5. The van der Waals surface area contributed by atoms with Gasteiger partial charge in [0.1, 0.15) is 18.1 Å². The van der Waals surface area contributed by atoms with Gasteiger partial charge in [0.2, 0.25) is 0 Å². The number of hydrogen-bond donors (Lipinski definition) is 0. The lowest BCUT2D eigenvalue weighted by Gasteiger charge is -2.29. The third kappa shape index (κ3) is 4.01. The normalized spacial score (nSPS) is 13.4. The summed E-state index contributed by atoms with van der Waals surface area (Å²) in [5, 5.41) is 0.777. The van der Waals surface area contributed by atoms with E-state index >= 15 is 0 Å². The number of benzene rings is 2. The van der Waals surface area contributed by atoms with Gasteiger partial charge >= 0.3 is 11.6 Å². The zero-order chi connectivity index (χ0) is 22.8. The molecule has 0 atom stereocenters. The minimum Gasteiger partial charge on any atom is -0.493 e. The average Bonchev–Trinajstić information content (AvgIpc) is 2.81. The summed E-state index contributed by atoms with van der Waals surface area (Å²) >= 11 is 0. The Morgan fingerprint density at radius 1 is 1.09 bits per heavy atom. The molecule has 8 heteroatoms. The smallest absolute Gasteiger partial charge is 0.340 e. The maximum absolute atomic E-state index is 12.6. The first-order chi connectivity index (χ1) is 15.4. The lowest BCUT2D eigenvalue weighted by Crippen LogP contribution is -2.31. The van der Waals surface area contributed by atoms with Gasteiger partial charge in [0.25, 0.3) is 0 Å². The summed E-state index contributed by atoms with van der Waals surface area (Å²) in [4.78, 5) is 26.4. The molecule has 0 spiro atoms. The molecule has 1 aromatic heterocycles. The Labute approximate surface area is 185 Å². The number of carbonyl (C=O) groups excluding carboxylic acids is 1. The number of fused-ring (bicyclic) bond motifs is 3. The molecule has 0 saturated carbocycles. The van der Waals surface area contributed by atoms with Gasteiger partial charge in [0.15, 0.2) is 11.5 Å². The van der Waals surface area contributed by atoms with Crippen LogP contribution in [0.15, 0.2) is 39.5 Å². The van der Waals surface area contributed by atoms with Crippen LogP contribution in [0.3, 0.4) is 0 Å². The first kappa shape index (κ1) is 21.7. The Morgan fingerprint density at radius 2 is 1.88 bits per heavy atom. The number of aryl methyl sites for hydroxylation is 1. The highest BCUT2D eigenvalue weighted by atomic mass is 16.5. The van der Waals surface area contributed by atoms with Crippen molar-refractivity contribution in [3.05, 3.63) is 63.0 Å². The second-order valence-corrected chi connectivity index (χ2v) is 7.61. The van der Waals surface area contributed by atoms with Crippen molar-refractivity contribution < 1.29 is 28.2 Å². The van der Waals surface area contributed by atoms with Gasteiger partial charge in [-0.15, -0.1) is 0 Å². The van der Waals surface area contributed by atoms with E-state index in [4.69, 9.17) is 23.4 Å². The van der Waals surface area contributed by atoms with Gasteiger partial charge in [-0.05, 0) is 42.3 Å². The second kappa shape index (κ2) is 8.92. The predicted molar refractivity (Wildman–Crippen MR) is 117 cm³/mol. The van der Waals surface area contributed by atoms with E-state index < -0.39 is 11.6 Å². The molecule has 8 nitrogen and oxygen atoms in total. The van der Waals surface area contributed by atoms with Gasteiger partial charge in [0.05, 0.1) is 38.9 Å². The quantitative estimate of drug-likeness (QED) is 0.428. The van der Waals surface area contributed by atoms with E-state index in [9.17, 15) is 9.59 Å². The van der Waals surface area contributed by atoms with Crippen LogP contribution in [0.5, 0.6) is 17.2 Å². The summed E-state index contributed by atoms with van der Waals surface area (Å²) in [5.41, 5.74) is 2.80. The van der Waals surface area contributed by atoms with Crippen molar-refractivity contribution in [1.29, 1.82) is 0 Å². The standard InChI is InChI=1S/C24H25NO7/c1-14-16-6-8-19-18(23(16)32-24(27)17(14)10-22(26)30-4)12-25(13-31-19)11-15-5-7-20(28-2)21(9-15)29-3/h5-9H,10-13H2,1-4H3. The number of rotatable bonds is 6. The van der Waals surface area contributed by atoms with E-state index in [-0.39, 0.29) is 6.42 Å². The van der Waals surface area contributed by atoms with E-state index in [2.05, 4.69) is 4.90 Å². The van der Waals surface area contributed by atoms with Crippen molar-refractivity contribution in [2.45, 2.75) is 26.4 Å². The van der Waals surface area contributed by atoms with Gasteiger partial charge in [-0.2, -0.15) is 0 Å². The van der Waals surface area contributed by atoms with E-state index in [0.717, 1.165) is 16.5 Å². The third-order valence-electron chi connectivity index (χ3n) is 5.70. The summed E-state index contributed by atoms with van der Waals surface area (Å²) in [7, 11) is 4.50. The van der Waals surface area contributed by atoms with E-state index in [1.54, 1.807) is 14.2 Å². The molecule has 0 amide bonds. The number of nitrogens with zero attached hydrogens (tertiary/aromatic N) is 1. The van der Waals surface area contributed by atoms with Gasteiger partial charge in [0, 0.05) is 18.5 Å². The Morgan fingerprint density at radius 3 is 2.59 bits per heavy atom. The summed E-state index contributed by atoms with van der Waals surface area (Å²) in [6.45, 7) is 3.37. The molecule has 0 N–H and O–H groups in total. The fourth-order valence-electron chi connectivity index (χ4n) is 3.97. The van der Waals surface area contributed by atoms with Crippen LogP contribution in [0.4, 0.5) is 0 Å². The van der Waals surface area contributed by atoms with Gasteiger partial charge < -0.3 is 23.4 Å². The highest BCUT2D eigenvalue weighted by Crippen LogP contribution is 2.35. The number of ether oxygens (including phenoxy) is 4. The van der Waals surface area contributed by atoms with E-state index in [1.807, 2.05) is 37.3 Å². The molecule has 0 bridgehead atoms. The molecule has 4 rings (SSSR count). The first-order valence-corrected chi connectivity index (χ1v) is 10.2. The fourth-order valence-corrected chi connectivity index (χ4v) is 3.97. The molecular formula is C24H25NO7. The SMILES string of the molecule is COC(=O)Cc1c(C)c2ccc3c(c2oc1=O)CN(Cc1ccc(OC)c(OC)c1)CO3. The second-order valence-electron chi connectivity index (χ2n) is 7.61. The highest BCUT2D eigenvalue weighted by Gasteiger charge is 2.24. The molecule has 0 saturated heterocycles. The fraction of sp³-hybridized carbons (Fsp3) is 0.333. The van der Waals surface area contributed by atoms with Crippen molar-refractivity contribution >= 4 is 16.9 Å². The van der Waals surface area contributed by atoms with Crippen LogP contribution in [0.25, 0.3) is 11.0 Å². The molecule has 0 fully saturated rings. The molecule has 0 aliphatic carbocycles. The summed E-state index contributed by atoms with van der Waals surface area (Å²) in [5.74, 6) is 1.53. The largest absolute Gasteiger partial charge is 0.493 e. The van der Waals surface area contributed by atoms with Crippen molar-refractivity contribution in [2.24, 2.45) is 0 Å². The molecule has 0 radical (unpaired) electrons. The molecule has 1 aliphatic rings. The van der Waals surface area contributed by atoms with Crippen LogP contribution < -0.4 is 19.8 Å². The molecule has 0 unspecified atom stereocenters. The maximum atomic E-state index is 12.6. The van der Waals surface area contributed by atoms with Gasteiger partial charge in [-0.25, -0.2) is 4.79 Å². The monoisotopic (exact) mass is 439 g/mol. The van der Waals surface area contributed by atoms with E-state index in [0.29, 0.717) is 53.8 Å². The van der Waals surface area contributed by atoms with Crippen LogP contribution in [-0.4, -0.2) is 38.9 Å². The molecule has 2 heterocycles. The summed E-state index contributed by atoms with van der Waals surface area (Å²) < 4.78 is 27.0. The Hall–Kier alpha value is -3.52. The summed E-state index contributed by atoms with van der Waals surface area (Å²) in [6, 6.07) is 9.51. The van der Waals surface area contributed by atoms with Crippen LogP contribution in [0.2, 0.25) is 0 Å². The lowest BCUT2D eigenvalue weighted by molar-refractivity contribution is -0.139. The first-order valence-electron chi connectivity index (χ1n) is 10.2. The Kier molecular flexibility index (Phi) is 6.05. The lowest BCUT2D eigenvalue weighted by atomic mass is 10.00. The zero-order valence-corrected chi connectivity index (χ0v) is 18.5. The number of carbonyl (C=O) groups is 1. The van der Waals surface area contributed by atoms with Gasteiger partial charge in [-0.3, -0.25) is 9.69 Å². The van der Waals surface area contributed by atoms with Crippen LogP contribution >= 0.6 is 0 Å². The van der Waals surface area contributed by atoms with Crippen molar-refractivity contribution in [1.82, 2.24) is 4.90 Å². The Bertz CT molecular complexity index is 1230. The highest BCUT2D eigenvalue weighted by molar-refractivity contribution is 5.87. The molecule has 168 valence electrons. The number of esters is 1. The molecule has 3 aromatic rings. The van der Waals surface area contributed by atoms with Gasteiger partial charge in [-0.1, -0.05) is 6.07 Å². The van der Waals surface area contributed by atoms with Crippen LogP contribution in [-0.2, 0) is 29.0 Å². The maximum Gasteiger partial charge on any atom is 0.340 e. The predicted octanol–water partition coefficient (Wildman–Crippen LogP) is 3.19. The summed E-state index contributed by atoms with van der Waals surface area (Å²) in [6.07, 6.45) is -0.125. The number of hydrogen-bond acceptors (Lipinski definition) is 8. The van der Waals surface area contributed by atoms with Crippen LogP contribution in [0, 0.1) is 6.92 Å². The van der Waals surface area contributed by atoms with E-state index in [1.165, 1.54) is 7.11 Å². The van der Waals surface area contributed by atoms with Crippen LogP contribution in [0.1, 0.15) is 22.3 Å². The van der Waals surface area contributed by atoms with Crippen molar-refractivity contribution in [2.75, 3.05) is 28.1 Å². The Balaban J connectivity index is 1.66. The minimum atomic E-state index is -0.536. The molecule has 32 heavy (non-hydrogen) atoms. The third-order valence-corrected chi connectivity index (χ3v) is 5.70. The van der Waals surface area contributed by atoms with Crippen molar-refractivity contribution in [3.8, 4) is 17.2 Å². The number of methoxy groups -OCH3 is 3. The molecule has 1 aliphatic heterocycles. The molecular weight excluding hydrogens is 414 g/mol. The minimum absolute atomic E-state index is 0.125. The van der Waals surface area contributed by atoms with Crippen molar-refractivity contribution in [3.63, 3.8) is 0 Å². The average molecular weight is 439 g/mol. The molecule has 2 aromatic carbocycles.